The summed E-state index contributed by atoms with van der Waals surface area (Å²) >= 11 is 0. The predicted octanol–water partition coefficient (Wildman–Crippen LogP) is 0.441. The lowest BCUT2D eigenvalue weighted by atomic mass is 10.3. The van der Waals surface area contributed by atoms with Crippen LogP contribution in [0.15, 0.2) is 29.2 Å². The van der Waals surface area contributed by atoms with Gasteiger partial charge in [-0.25, -0.2) is 8.42 Å². The van der Waals surface area contributed by atoms with E-state index in [2.05, 4.69) is 15.4 Å². The normalized spacial score (nSPS) is 15.1. The van der Waals surface area contributed by atoms with Crippen molar-refractivity contribution in [3.63, 3.8) is 0 Å². The van der Waals surface area contributed by atoms with Crippen LogP contribution in [0.1, 0.15) is 33.1 Å². The van der Waals surface area contributed by atoms with E-state index in [1.807, 2.05) is 0 Å². The van der Waals surface area contributed by atoms with E-state index < -0.39 is 22.0 Å². The first-order chi connectivity index (χ1) is 13.2. The van der Waals surface area contributed by atoms with Crippen LogP contribution < -0.4 is 15.4 Å². The van der Waals surface area contributed by atoms with Crippen molar-refractivity contribution in [3.8, 4) is 0 Å². The van der Waals surface area contributed by atoms with E-state index >= 15 is 0 Å². The molecule has 3 amide bonds. The molecule has 3 N–H and O–H groups in total. The third-order valence-electron chi connectivity index (χ3n) is 4.31. The molecule has 0 spiro atoms. The molecular formula is C18H26N4O5S. The molecular weight excluding hydrogens is 384 g/mol. The van der Waals surface area contributed by atoms with Crippen LogP contribution in [-0.4, -0.2) is 56.7 Å². The number of nitrogens with one attached hydrogen (secondary N) is 3. The highest BCUT2D eigenvalue weighted by atomic mass is 32.2. The van der Waals surface area contributed by atoms with E-state index in [4.69, 9.17) is 0 Å². The Kier molecular flexibility index (Phi) is 7.53. The lowest BCUT2D eigenvalue weighted by Gasteiger charge is -2.17. The van der Waals surface area contributed by atoms with E-state index in [-0.39, 0.29) is 29.7 Å². The predicted molar refractivity (Wildman–Crippen MR) is 104 cm³/mol. The van der Waals surface area contributed by atoms with E-state index in [1.165, 1.54) is 38.1 Å². The lowest BCUT2D eigenvalue weighted by Crippen LogP contribution is -2.45. The number of nitrogens with zero attached hydrogens (tertiary/aromatic N) is 1. The summed E-state index contributed by atoms with van der Waals surface area (Å²) in [4.78, 5) is 36.8. The Balaban J connectivity index is 1.84. The standard InChI is InChI=1S/C18H26N4O5S/c1-13(18(25)19-10-9-17(24)22-11-3-4-12-22)21-28(26,27)16-7-5-15(6-8-16)20-14(2)23/h5-8,13,21H,3-4,9-12H2,1-2H3,(H,19,25)(H,20,23)/t13-/m0/s1. The van der Waals surface area contributed by atoms with Crippen molar-refractivity contribution in [2.75, 3.05) is 25.0 Å². The number of carbonyl (C=O) groups excluding carboxylic acids is 3. The van der Waals surface area contributed by atoms with Crippen LogP contribution in [0.25, 0.3) is 0 Å². The van der Waals surface area contributed by atoms with Crippen LogP contribution in [0.3, 0.4) is 0 Å². The molecule has 0 radical (unpaired) electrons. The van der Waals surface area contributed by atoms with Gasteiger partial charge in [-0.15, -0.1) is 0 Å². The minimum atomic E-state index is -3.90. The fourth-order valence-corrected chi connectivity index (χ4v) is 4.05. The van der Waals surface area contributed by atoms with Crippen molar-refractivity contribution in [2.24, 2.45) is 0 Å². The molecule has 0 bridgehead atoms. The quantitative estimate of drug-likeness (QED) is 0.574. The molecule has 2 rings (SSSR count). The molecule has 28 heavy (non-hydrogen) atoms. The maximum atomic E-state index is 12.4. The average molecular weight is 410 g/mol. The van der Waals surface area contributed by atoms with Gasteiger partial charge >= 0.3 is 0 Å². The van der Waals surface area contributed by atoms with Crippen molar-refractivity contribution in [1.29, 1.82) is 0 Å². The van der Waals surface area contributed by atoms with E-state index in [1.54, 1.807) is 4.90 Å². The zero-order valence-electron chi connectivity index (χ0n) is 16.0. The first kappa shape index (κ1) is 21.8. The van der Waals surface area contributed by atoms with Gasteiger partial charge in [-0.3, -0.25) is 14.4 Å². The molecule has 1 aromatic rings. The van der Waals surface area contributed by atoms with Crippen LogP contribution >= 0.6 is 0 Å². The van der Waals surface area contributed by atoms with E-state index in [0.717, 1.165) is 25.9 Å². The Morgan fingerprint density at radius 2 is 1.71 bits per heavy atom. The molecule has 9 nitrogen and oxygen atoms in total. The maximum absolute atomic E-state index is 12.4. The van der Waals surface area contributed by atoms with Gasteiger partial charge in [-0.1, -0.05) is 0 Å². The van der Waals surface area contributed by atoms with Gasteiger partial charge in [0.1, 0.15) is 0 Å². The molecule has 1 fully saturated rings. The van der Waals surface area contributed by atoms with Gasteiger partial charge in [-0.05, 0) is 44.0 Å². The summed E-state index contributed by atoms with van der Waals surface area (Å²) in [6.07, 6.45) is 2.20. The average Bonchev–Trinajstić information content (AvgIpc) is 3.16. The van der Waals surface area contributed by atoms with Crippen molar-refractivity contribution in [3.05, 3.63) is 24.3 Å². The van der Waals surface area contributed by atoms with Gasteiger partial charge in [0, 0.05) is 38.7 Å². The van der Waals surface area contributed by atoms with Gasteiger partial charge in [0.25, 0.3) is 0 Å². The zero-order valence-corrected chi connectivity index (χ0v) is 16.8. The molecule has 1 aliphatic heterocycles. The summed E-state index contributed by atoms with van der Waals surface area (Å²) in [6, 6.07) is 4.61. The Morgan fingerprint density at radius 3 is 2.29 bits per heavy atom. The third-order valence-corrected chi connectivity index (χ3v) is 5.86. The third kappa shape index (κ3) is 6.31. The molecule has 1 aliphatic rings. The summed E-state index contributed by atoms with van der Waals surface area (Å²) in [5.74, 6) is -0.778. The number of benzene rings is 1. The summed E-state index contributed by atoms with van der Waals surface area (Å²) in [7, 11) is -3.90. The minimum absolute atomic E-state index is 0.00899. The van der Waals surface area contributed by atoms with Crippen molar-refractivity contribution < 1.29 is 22.8 Å². The minimum Gasteiger partial charge on any atom is -0.354 e. The SMILES string of the molecule is CC(=O)Nc1ccc(S(=O)(=O)N[C@@H](C)C(=O)NCCC(=O)N2CCCC2)cc1. The molecule has 1 saturated heterocycles. The van der Waals surface area contributed by atoms with Gasteiger partial charge in [0.05, 0.1) is 10.9 Å². The Bertz CT molecular complexity index is 817. The fourth-order valence-electron chi connectivity index (χ4n) is 2.85. The number of hydrogen-bond donors (Lipinski definition) is 3. The van der Waals surface area contributed by atoms with Gasteiger partial charge < -0.3 is 15.5 Å². The molecule has 1 heterocycles. The Hall–Kier alpha value is -2.46. The monoisotopic (exact) mass is 410 g/mol. The molecule has 1 aromatic carbocycles. The molecule has 1 atom stereocenters. The molecule has 154 valence electrons. The first-order valence-corrected chi connectivity index (χ1v) is 10.6. The van der Waals surface area contributed by atoms with Crippen LogP contribution in [0, 0.1) is 0 Å². The molecule has 0 aliphatic carbocycles. The van der Waals surface area contributed by atoms with E-state index in [0.29, 0.717) is 5.69 Å². The van der Waals surface area contributed by atoms with Gasteiger partial charge in [0.15, 0.2) is 0 Å². The van der Waals surface area contributed by atoms with Crippen molar-refractivity contribution >= 4 is 33.4 Å². The Labute approximate surface area is 164 Å². The fraction of sp³-hybridized carbons (Fsp3) is 0.500. The summed E-state index contributed by atoms with van der Waals surface area (Å²) in [5, 5.41) is 5.13. The molecule has 10 heteroatoms. The lowest BCUT2D eigenvalue weighted by molar-refractivity contribution is -0.130. The highest BCUT2D eigenvalue weighted by Gasteiger charge is 2.23. The molecule has 0 aromatic heterocycles. The number of anilines is 1. The van der Waals surface area contributed by atoms with Gasteiger partial charge in [-0.2, -0.15) is 4.72 Å². The number of amides is 3. The highest BCUT2D eigenvalue weighted by molar-refractivity contribution is 7.89. The second kappa shape index (κ2) is 9.65. The smallest absolute Gasteiger partial charge is 0.241 e. The maximum Gasteiger partial charge on any atom is 0.241 e. The first-order valence-electron chi connectivity index (χ1n) is 9.14. The second-order valence-corrected chi connectivity index (χ2v) is 8.39. The number of sulfonamides is 1. The van der Waals surface area contributed by atoms with Crippen LogP contribution in [0.2, 0.25) is 0 Å². The summed E-state index contributed by atoms with van der Waals surface area (Å²) in [5.41, 5.74) is 0.472. The number of carbonyl (C=O) groups is 3. The van der Waals surface area contributed by atoms with Crippen LogP contribution in [0.4, 0.5) is 5.69 Å². The topological polar surface area (TPSA) is 125 Å². The van der Waals surface area contributed by atoms with Crippen molar-refractivity contribution in [1.82, 2.24) is 14.9 Å². The van der Waals surface area contributed by atoms with Crippen LogP contribution in [-0.2, 0) is 24.4 Å². The molecule has 0 saturated carbocycles. The zero-order chi connectivity index (χ0) is 20.7. The number of likely N-dealkylation sites (tertiary alicyclic amines) is 1. The Morgan fingerprint density at radius 1 is 1.11 bits per heavy atom. The second-order valence-electron chi connectivity index (χ2n) is 6.68. The summed E-state index contributed by atoms with van der Waals surface area (Å²) < 4.78 is 27.1. The van der Waals surface area contributed by atoms with Gasteiger partial charge in [0.2, 0.25) is 27.7 Å². The summed E-state index contributed by atoms with van der Waals surface area (Å²) in [6.45, 7) is 4.45. The largest absolute Gasteiger partial charge is 0.354 e. The van der Waals surface area contributed by atoms with E-state index in [9.17, 15) is 22.8 Å². The van der Waals surface area contributed by atoms with Crippen LogP contribution in [0.5, 0.6) is 0 Å². The number of rotatable bonds is 8. The highest BCUT2D eigenvalue weighted by Crippen LogP contribution is 2.14. The number of hydrogen-bond acceptors (Lipinski definition) is 5. The molecule has 0 unspecified atom stereocenters. The van der Waals surface area contributed by atoms with Crippen molar-refractivity contribution in [2.45, 2.75) is 44.0 Å².